The number of benzene rings is 1. The van der Waals surface area contributed by atoms with Gasteiger partial charge < -0.3 is 5.53 Å². The van der Waals surface area contributed by atoms with Gasteiger partial charge >= 0.3 is 6.21 Å². The Labute approximate surface area is 122 Å². The number of nitrogens with zero attached hydrogens (tertiary/aromatic N) is 3. The minimum Gasteiger partial charge on any atom is -0.361 e. The van der Waals surface area contributed by atoms with E-state index in [0.717, 1.165) is 0 Å². The minimum atomic E-state index is -3.76. The van der Waals surface area contributed by atoms with Gasteiger partial charge in [-0.25, -0.2) is 8.42 Å². The van der Waals surface area contributed by atoms with E-state index in [1.54, 1.807) is 13.8 Å². The number of ketones is 1. The van der Waals surface area contributed by atoms with Crippen molar-refractivity contribution in [2.24, 2.45) is 0 Å². The van der Waals surface area contributed by atoms with Crippen molar-refractivity contribution < 1.29 is 18.0 Å². The van der Waals surface area contributed by atoms with Crippen LogP contribution in [0.15, 0.2) is 23.1 Å². The number of carbonyl (C=O) groups is 1. The molecule has 0 aliphatic carbocycles. The van der Waals surface area contributed by atoms with Crippen molar-refractivity contribution >= 4 is 33.6 Å². The number of hydrogen-bond donors (Lipinski definition) is 0. The molecular weight excluding hydrogens is 302 g/mol. The molecule has 0 bridgehead atoms. The molecule has 6 nitrogen and oxygen atoms in total. The highest BCUT2D eigenvalue weighted by molar-refractivity contribution is 7.89. The third kappa shape index (κ3) is 3.32. The van der Waals surface area contributed by atoms with Gasteiger partial charge in [0.25, 0.3) is 5.78 Å². The summed E-state index contributed by atoms with van der Waals surface area (Å²) in [5.74, 6) is -0.611. The lowest BCUT2D eigenvalue weighted by Crippen LogP contribution is -2.31. The van der Waals surface area contributed by atoms with Gasteiger partial charge in [0.1, 0.15) is 4.90 Å². The Bertz CT molecular complexity index is 663. The van der Waals surface area contributed by atoms with E-state index in [1.807, 2.05) is 0 Å². The molecule has 0 atom stereocenters. The van der Waals surface area contributed by atoms with Crippen LogP contribution < -0.4 is 0 Å². The normalized spacial score (nSPS) is 11.2. The lowest BCUT2D eigenvalue weighted by atomic mass is 10.1. The predicted octanol–water partition coefficient (Wildman–Crippen LogP) is 1.85. The molecule has 0 amide bonds. The SMILES string of the molecule is CCN(CC)S(=O)(=O)c1cc(C(=O)C=[N+]=[N-])ccc1Cl. The fraction of sp³-hybridized carbons (Fsp3) is 0.333. The molecule has 0 spiro atoms. The Kier molecular flexibility index (Phi) is 5.59. The standard InChI is InChI=1S/C12H14ClN3O3S/c1-3-16(4-2)20(18,19)12-7-9(5-6-10(12)13)11(17)8-15-14/h5-8H,3-4H2,1-2H3. The fourth-order valence-electron chi connectivity index (χ4n) is 1.68. The molecule has 0 saturated heterocycles. The number of hydrogen-bond acceptors (Lipinski definition) is 3. The van der Waals surface area contributed by atoms with Gasteiger partial charge in [-0.15, -0.1) is 0 Å². The zero-order chi connectivity index (χ0) is 15.3. The van der Waals surface area contributed by atoms with Crippen LogP contribution in [0.25, 0.3) is 5.53 Å². The van der Waals surface area contributed by atoms with Gasteiger partial charge in [-0.05, 0) is 18.2 Å². The first kappa shape index (κ1) is 16.5. The highest BCUT2D eigenvalue weighted by atomic mass is 35.5. The van der Waals surface area contributed by atoms with Crippen molar-refractivity contribution in [2.75, 3.05) is 13.1 Å². The third-order valence-electron chi connectivity index (χ3n) is 2.71. The summed E-state index contributed by atoms with van der Waals surface area (Å²) in [5.41, 5.74) is 8.42. The first-order chi connectivity index (χ1) is 9.38. The molecule has 0 fully saturated rings. The molecule has 8 heteroatoms. The minimum absolute atomic E-state index is 0.0365. The van der Waals surface area contributed by atoms with Gasteiger partial charge in [0, 0.05) is 18.7 Å². The number of sulfonamides is 1. The average Bonchev–Trinajstić information content (AvgIpc) is 2.40. The second-order valence-corrected chi connectivity index (χ2v) is 6.16. The molecule has 0 aliphatic rings. The molecule has 0 N–H and O–H groups in total. The molecule has 0 unspecified atom stereocenters. The van der Waals surface area contributed by atoms with Crippen LogP contribution in [0, 0.1) is 0 Å². The summed E-state index contributed by atoms with van der Waals surface area (Å²) in [5, 5.41) is 0.0365. The van der Waals surface area contributed by atoms with Gasteiger partial charge in [-0.3, -0.25) is 4.79 Å². The topological polar surface area (TPSA) is 90.9 Å². The number of rotatable bonds is 6. The van der Waals surface area contributed by atoms with Crippen molar-refractivity contribution in [1.29, 1.82) is 0 Å². The fourth-order valence-corrected chi connectivity index (χ4v) is 3.64. The first-order valence-corrected chi connectivity index (χ1v) is 7.71. The number of carbonyl (C=O) groups excluding carboxylic acids is 1. The van der Waals surface area contributed by atoms with E-state index in [9.17, 15) is 13.2 Å². The van der Waals surface area contributed by atoms with Gasteiger partial charge in [0.2, 0.25) is 10.0 Å². The van der Waals surface area contributed by atoms with Gasteiger partial charge in [0.15, 0.2) is 0 Å². The van der Waals surface area contributed by atoms with E-state index in [4.69, 9.17) is 17.1 Å². The van der Waals surface area contributed by atoms with Crippen LogP contribution in [0.4, 0.5) is 0 Å². The summed E-state index contributed by atoms with van der Waals surface area (Å²) >= 11 is 5.92. The Morgan fingerprint density at radius 3 is 2.50 bits per heavy atom. The summed E-state index contributed by atoms with van der Waals surface area (Å²) in [6.45, 7) is 4.02. The van der Waals surface area contributed by atoms with Gasteiger partial charge in [0.05, 0.1) is 5.02 Å². The van der Waals surface area contributed by atoms with E-state index >= 15 is 0 Å². The summed E-state index contributed by atoms with van der Waals surface area (Å²) in [4.78, 5) is 14.1. The number of Topliss-reactive ketones (excluding diaryl/α,β-unsaturated/α-hetero) is 1. The van der Waals surface area contributed by atoms with Crippen LogP contribution in [0.3, 0.4) is 0 Å². The third-order valence-corrected chi connectivity index (χ3v) is 5.25. The van der Waals surface area contributed by atoms with E-state index in [1.165, 1.54) is 22.5 Å². The second-order valence-electron chi connectivity index (χ2n) is 3.84. The van der Waals surface area contributed by atoms with Crippen LogP contribution in [-0.4, -0.2) is 42.6 Å². The molecule has 0 aromatic heterocycles. The second kappa shape index (κ2) is 6.76. The zero-order valence-corrected chi connectivity index (χ0v) is 12.6. The quantitative estimate of drug-likeness (QED) is 0.347. The molecule has 0 saturated carbocycles. The Morgan fingerprint density at radius 1 is 1.40 bits per heavy atom. The van der Waals surface area contributed by atoms with Crippen molar-refractivity contribution in [2.45, 2.75) is 18.7 Å². The summed E-state index contributed by atoms with van der Waals surface area (Å²) in [7, 11) is -3.76. The van der Waals surface area contributed by atoms with Gasteiger partial charge in [-0.1, -0.05) is 25.4 Å². The summed E-state index contributed by atoms with van der Waals surface area (Å²) in [6.07, 6.45) is 0.692. The maximum Gasteiger partial charge on any atom is 0.328 e. The van der Waals surface area contributed by atoms with Crippen molar-refractivity contribution in [1.82, 2.24) is 4.31 Å². The maximum atomic E-state index is 12.4. The molecular formula is C12H14ClN3O3S. The van der Waals surface area contributed by atoms with Gasteiger partial charge in [-0.2, -0.15) is 9.10 Å². The lowest BCUT2D eigenvalue weighted by Gasteiger charge is -2.19. The average molecular weight is 316 g/mol. The monoisotopic (exact) mass is 315 g/mol. The Hall–Kier alpha value is -1.53. The molecule has 1 aromatic carbocycles. The predicted molar refractivity (Wildman–Crippen MR) is 75.6 cm³/mol. The highest BCUT2D eigenvalue weighted by Gasteiger charge is 2.25. The van der Waals surface area contributed by atoms with Crippen molar-refractivity contribution in [3.05, 3.63) is 34.3 Å². The Balaban J connectivity index is 3.41. The van der Waals surface area contributed by atoms with E-state index < -0.39 is 15.8 Å². The van der Waals surface area contributed by atoms with E-state index in [2.05, 4.69) is 4.79 Å². The Morgan fingerprint density at radius 2 is 2.00 bits per heavy atom. The summed E-state index contributed by atoms with van der Waals surface area (Å²) in [6, 6.07) is 3.88. The first-order valence-electron chi connectivity index (χ1n) is 5.89. The number of halogens is 1. The molecule has 0 radical (unpaired) electrons. The molecule has 108 valence electrons. The smallest absolute Gasteiger partial charge is 0.328 e. The zero-order valence-electron chi connectivity index (χ0n) is 11.1. The van der Waals surface area contributed by atoms with Crippen LogP contribution in [-0.2, 0) is 10.0 Å². The molecule has 1 aromatic rings. The van der Waals surface area contributed by atoms with E-state index in [-0.39, 0.29) is 15.5 Å². The van der Waals surface area contributed by atoms with Crippen LogP contribution in [0.5, 0.6) is 0 Å². The maximum absolute atomic E-state index is 12.4. The van der Waals surface area contributed by atoms with Crippen LogP contribution in [0.1, 0.15) is 24.2 Å². The molecule has 20 heavy (non-hydrogen) atoms. The molecule has 0 heterocycles. The molecule has 1 rings (SSSR count). The van der Waals surface area contributed by atoms with E-state index in [0.29, 0.717) is 19.3 Å². The van der Waals surface area contributed by atoms with Crippen LogP contribution in [0.2, 0.25) is 5.02 Å². The van der Waals surface area contributed by atoms with Crippen LogP contribution >= 0.6 is 11.6 Å². The summed E-state index contributed by atoms with van der Waals surface area (Å²) < 4.78 is 26.0. The van der Waals surface area contributed by atoms with Crippen molar-refractivity contribution in [3.63, 3.8) is 0 Å². The molecule has 0 aliphatic heterocycles. The van der Waals surface area contributed by atoms with Crippen molar-refractivity contribution in [3.8, 4) is 0 Å². The largest absolute Gasteiger partial charge is 0.361 e. The lowest BCUT2D eigenvalue weighted by molar-refractivity contribution is 0.00234. The highest BCUT2D eigenvalue weighted by Crippen LogP contribution is 2.25.